The molecular weight excluding hydrogens is 349 g/mol. The van der Waals surface area contributed by atoms with E-state index < -0.39 is 11.9 Å². The Morgan fingerprint density at radius 1 is 1.50 bits per heavy atom. The Labute approximate surface area is 120 Å². The summed E-state index contributed by atoms with van der Waals surface area (Å²) in [6.45, 7) is 1.85. The highest BCUT2D eigenvalue weighted by molar-refractivity contribution is 14.1. The van der Waals surface area contributed by atoms with E-state index in [1.165, 1.54) is 7.11 Å². The summed E-state index contributed by atoms with van der Waals surface area (Å²) in [6, 6.07) is 7.50. The van der Waals surface area contributed by atoms with Gasteiger partial charge < -0.3 is 19.9 Å². The topological polar surface area (TPSA) is 70.8 Å². The summed E-state index contributed by atoms with van der Waals surface area (Å²) < 4.78 is 16.6. The number of rotatable bonds is 6. The molecule has 0 heterocycles. The number of ether oxygens (including phenoxy) is 3. The molecule has 0 bridgehead atoms. The van der Waals surface area contributed by atoms with Gasteiger partial charge in [0.05, 0.1) is 0 Å². The predicted molar refractivity (Wildman–Crippen MR) is 74.8 cm³/mol. The molecule has 0 aromatic heterocycles. The van der Waals surface area contributed by atoms with Crippen molar-refractivity contribution in [3.8, 4) is 0 Å². The van der Waals surface area contributed by atoms with Gasteiger partial charge in [0.1, 0.15) is 0 Å². The molecule has 6 heteroatoms. The smallest absolute Gasteiger partial charge is 0.407 e. The highest BCUT2D eigenvalue weighted by Gasteiger charge is 2.35. The first kappa shape index (κ1) is 15.2. The highest BCUT2D eigenvalue weighted by atomic mass is 127. The summed E-state index contributed by atoms with van der Waals surface area (Å²) in [7, 11) is 1.50. The Balaban J connectivity index is 3.11. The highest BCUT2D eigenvalue weighted by Crippen LogP contribution is 2.32. The number of primary amides is 1. The molecule has 0 fully saturated rings. The number of amides is 1. The number of carbonyl (C=O) groups excluding carboxylic acids is 1. The second-order valence-corrected chi connectivity index (χ2v) is 4.83. The molecule has 0 radical (unpaired) electrons. The molecule has 0 aliphatic heterocycles. The minimum atomic E-state index is -1.21. The zero-order valence-corrected chi connectivity index (χ0v) is 12.5. The van der Waals surface area contributed by atoms with E-state index in [1.54, 1.807) is 0 Å². The number of benzene rings is 1. The monoisotopic (exact) mass is 365 g/mol. The summed E-state index contributed by atoms with van der Waals surface area (Å²) in [4.78, 5) is 11.1. The zero-order chi connectivity index (χ0) is 13.6. The van der Waals surface area contributed by atoms with Gasteiger partial charge in [0.15, 0.2) is 6.79 Å². The van der Waals surface area contributed by atoms with E-state index >= 15 is 0 Å². The third-order valence-corrected chi connectivity index (χ3v) is 3.08. The Bertz CT molecular complexity index is 413. The molecule has 1 aromatic carbocycles. The lowest BCUT2D eigenvalue weighted by atomic mass is 10.0. The van der Waals surface area contributed by atoms with Gasteiger partial charge in [0.2, 0.25) is 5.79 Å². The van der Waals surface area contributed by atoms with Crippen LogP contribution in [0.2, 0.25) is 0 Å². The number of hydrogen-bond donors (Lipinski definition) is 1. The van der Waals surface area contributed by atoms with E-state index in [4.69, 9.17) is 19.9 Å². The normalized spacial score (nSPS) is 13.9. The minimum absolute atomic E-state index is 0.00654. The summed E-state index contributed by atoms with van der Waals surface area (Å²) >= 11 is 2.17. The van der Waals surface area contributed by atoms with Gasteiger partial charge in [0.25, 0.3) is 0 Å². The van der Waals surface area contributed by atoms with E-state index in [0.29, 0.717) is 6.42 Å². The molecule has 0 saturated heterocycles. The van der Waals surface area contributed by atoms with E-state index in [2.05, 4.69) is 22.6 Å². The Morgan fingerprint density at radius 3 is 2.72 bits per heavy atom. The van der Waals surface area contributed by atoms with Gasteiger partial charge in [-0.25, -0.2) is 4.79 Å². The van der Waals surface area contributed by atoms with Crippen molar-refractivity contribution in [2.45, 2.75) is 19.1 Å². The Morgan fingerprint density at radius 2 is 2.22 bits per heavy atom. The fraction of sp³-hybridized carbons (Fsp3) is 0.417. The SMILES string of the molecule is CC[C@](OCOC)(OC(N)=O)c1cccc(I)c1. The number of halogens is 1. The van der Waals surface area contributed by atoms with Gasteiger partial charge >= 0.3 is 6.09 Å². The fourth-order valence-corrected chi connectivity index (χ4v) is 2.14. The van der Waals surface area contributed by atoms with Gasteiger partial charge in [0, 0.05) is 22.7 Å². The Kier molecular flexibility index (Phi) is 5.83. The molecule has 1 amide bonds. The minimum Gasteiger partial charge on any atom is -0.412 e. The average molecular weight is 365 g/mol. The third kappa shape index (κ3) is 3.82. The molecular formula is C12H16INO4. The molecule has 0 spiro atoms. The molecule has 18 heavy (non-hydrogen) atoms. The van der Waals surface area contributed by atoms with Crippen LogP contribution in [-0.4, -0.2) is 20.0 Å². The van der Waals surface area contributed by atoms with Crippen molar-refractivity contribution in [2.75, 3.05) is 13.9 Å². The number of nitrogens with two attached hydrogens (primary N) is 1. The standard InChI is InChI=1S/C12H16INO4/c1-3-12(17-8-16-2,18-11(14)15)9-5-4-6-10(13)7-9/h4-7H,3,8H2,1-2H3,(H2,14,15)/t12-/m0/s1. The molecule has 0 saturated carbocycles. The van der Waals surface area contributed by atoms with Gasteiger partial charge in [-0.1, -0.05) is 19.1 Å². The number of methoxy groups -OCH3 is 1. The quantitative estimate of drug-likeness (QED) is 0.622. The van der Waals surface area contributed by atoms with E-state index in [0.717, 1.165) is 9.13 Å². The second-order valence-electron chi connectivity index (χ2n) is 3.59. The van der Waals surface area contributed by atoms with Crippen molar-refractivity contribution in [2.24, 2.45) is 5.73 Å². The van der Waals surface area contributed by atoms with Gasteiger partial charge in [-0.05, 0) is 34.7 Å². The molecule has 1 rings (SSSR count). The molecule has 0 aliphatic carbocycles. The molecule has 1 aromatic rings. The number of hydrogen-bond acceptors (Lipinski definition) is 4. The molecule has 2 N–H and O–H groups in total. The summed E-state index contributed by atoms with van der Waals surface area (Å²) in [5, 5.41) is 0. The van der Waals surface area contributed by atoms with Crippen LogP contribution in [-0.2, 0) is 20.0 Å². The molecule has 1 atom stereocenters. The maximum absolute atomic E-state index is 11.1. The second kappa shape index (κ2) is 6.91. The van der Waals surface area contributed by atoms with Crippen LogP contribution < -0.4 is 5.73 Å². The van der Waals surface area contributed by atoms with Crippen molar-refractivity contribution in [1.82, 2.24) is 0 Å². The van der Waals surface area contributed by atoms with Crippen molar-refractivity contribution in [1.29, 1.82) is 0 Å². The molecule has 5 nitrogen and oxygen atoms in total. The summed E-state index contributed by atoms with van der Waals surface area (Å²) in [6.07, 6.45) is -0.453. The van der Waals surface area contributed by atoms with Gasteiger partial charge in [-0.15, -0.1) is 0 Å². The lowest BCUT2D eigenvalue weighted by Gasteiger charge is -2.31. The lowest BCUT2D eigenvalue weighted by molar-refractivity contribution is -0.249. The predicted octanol–water partition coefficient (Wildman–Crippen LogP) is 2.57. The van der Waals surface area contributed by atoms with Crippen LogP contribution in [0.15, 0.2) is 24.3 Å². The van der Waals surface area contributed by atoms with Crippen molar-refractivity contribution >= 4 is 28.7 Å². The van der Waals surface area contributed by atoms with Crippen LogP contribution in [0.5, 0.6) is 0 Å². The first-order valence-corrected chi connectivity index (χ1v) is 6.49. The molecule has 0 unspecified atom stereocenters. The average Bonchev–Trinajstić information content (AvgIpc) is 2.34. The van der Waals surface area contributed by atoms with Crippen molar-refractivity contribution < 1.29 is 19.0 Å². The first-order valence-electron chi connectivity index (χ1n) is 5.41. The van der Waals surface area contributed by atoms with Crippen molar-refractivity contribution in [3.05, 3.63) is 33.4 Å². The van der Waals surface area contributed by atoms with E-state index in [1.807, 2.05) is 31.2 Å². The maximum Gasteiger partial charge on any atom is 0.407 e. The first-order chi connectivity index (χ1) is 8.54. The van der Waals surface area contributed by atoms with Crippen LogP contribution in [0.25, 0.3) is 0 Å². The fourth-order valence-electron chi connectivity index (χ4n) is 1.59. The largest absolute Gasteiger partial charge is 0.412 e. The summed E-state index contributed by atoms with van der Waals surface area (Å²) in [5.74, 6) is -1.21. The van der Waals surface area contributed by atoms with Crippen molar-refractivity contribution in [3.63, 3.8) is 0 Å². The van der Waals surface area contributed by atoms with Crippen LogP contribution in [0.4, 0.5) is 4.79 Å². The van der Waals surface area contributed by atoms with Crippen LogP contribution in [0, 0.1) is 3.57 Å². The molecule has 0 aliphatic rings. The van der Waals surface area contributed by atoms with E-state index in [-0.39, 0.29) is 6.79 Å². The Hall–Kier alpha value is -0.860. The van der Waals surface area contributed by atoms with Gasteiger partial charge in [-0.2, -0.15) is 0 Å². The maximum atomic E-state index is 11.1. The van der Waals surface area contributed by atoms with E-state index in [9.17, 15) is 4.79 Å². The molecule has 100 valence electrons. The number of carbonyl (C=O) groups is 1. The van der Waals surface area contributed by atoms with Crippen LogP contribution in [0.3, 0.4) is 0 Å². The van der Waals surface area contributed by atoms with Gasteiger partial charge in [-0.3, -0.25) is 0 Å². The van der Waals surface area contributed by atoms with Crippen LogP contribution >= 0.6 is 22.6 Å². The lowest BCUT2D eigenvalue weighted by Crippen LogP contribution is -2.37. The third-order valence-electron chi connectivity index (χ3n) is 2.41. The zero-order valence-electron chi connectivity index (χ0n) is 10.3. The van der Waals surface area contributed by atoms with Crippen LogP contribution in [0.1, 0.15) is 18.9 Å². The summed E-state index contributed by atoms with van der Waals surface area (Å²) in [5.41, 5.74) is 5.85.